The monoisotopic (exact) mass is 403 g/mol. The van der Waals surface area contributed by atoms with E-state index in [-0.39, 0.29) is 30.2 Å². The minimum atomic E-state index is -1.10. The molecular weight excluding hydrogens is 382 g/mol. The maximum Gasteiger partial charge on any atom is 0.328 e. The Bertz CT molecular complexity index is 1140. The molecule has 6 heteroatoms. The molecule has 0 unspecified atom stereocenters. The Labute approximate surface area is 173 Å². The number of aliphatic imine (C=N–C) groups is 1. The summed E-state index contributed by atoms with van der Waals surface area (Å²) in [6.07, 6.45) is 0.601. The second-order valence-electron chi connectivity index (χ2n) is 7.32. The summed E-state index contributed by atoms with van der Waals surface area (Å²) in [6, 6.07) is 16.4. The number of aliphatic hydroxyl groups is 1. The van der Waals surface area contributed by atoms with Gasteiger partial charge in [-0.1, -0.05) is 48.5 Å². The number of aliphatic carboxylic acids is 1. The highest BCUT2D eigenvalue weighted by molar-refractivity contribution is 6.19. The molecule has 1 aliphatic carbocycles. The molecule has 152 valence electrons. The van der Waals surface area contributed by atoms with E-state index in [0.29, 0.717) is 23.1 Å². The van der Waals surface area contributed by atoms with Crippen molar-refractivity contribution in [3.8, 4) is 11.5 Å². The van der Waals surface area contributed by atoms with Crippen molar-refractivity contribution in [1.29, 1.82) is 0 Å². The van der Waals surface area contributed by atoms with Gasteiger partial charge in [0.15, 0.2) is 6.04 Å². The molecule has 6 nitrogen and oxygen atoms in total. The van der Waals surface area contributed by atoms with Crippen LogP contribution in [0.15, 0.2) is 65.7 Å². The van der Waals surface area contributed by atoms with Crippen LogP contribution in [-0.4, -0.2) is 38.1 Å². The van der Waals surface area contributed by atoms with Crippen LogP contribution in [0.25, 0.3) is 0 Å². The number of carboxylic acids is 1. The van der Waals surface area contributed by atoms with Gasteiger partial charge in [0.25, 0.3) is 0 Å². The lowest BCUT2D eigenvalue weighted by Crippen LogP contribution is -2.25. The van der Waals surface area contributed by atoms with E-state index in [0.717, 1.165) is 16.7 Å². The van der Waals surface area contributed by atoms with Crippen molar-refractivity contribution in [2.75, 3.05) is 0 Å². The minimum Gasteiger partial charge on any atom is -0.507 e. The number of fused-ring (bicyclic) bond motifs is 2. The first-order valence-corrected chi connectivity index (χ1v) is 9.59. The topological polar surface area (TPSA) is 110 Å². The zero-order chi connectivity index (χ0) is 21.3. The molecule has 0 fully saturated rings. The van der Waals surface area contributed by atoms with E-state index in [1.54, 1.807) is 12.1 Å². The molecule has 4 rings (SSSR count). The number of hydrogen-bond acceptors (Lipinski definition) is 5. The van der Waals surface area contributed by atoms with E-state index in [1.165, 1.54) is 12.1 Å². The van der Waals surface area contributed by atoms with E-state index in [1.807, 2.05) is 36.4 Å². The third-order valence-electron chi connectivity index (χ3n) is 5.27. The second-order valence-corrected chi connectivity index (χ2v) is 7.32. The molecule has 0 saturated heterocycles. The van der Waals surface area contributed by atoms with Gasteiger partial charge in [0.1, 0.15) is 11.5 Å². The van der Waals surface area contributed by atoms with E-state index < -0.39 is 12.0 Å². The number of benzene rings is 3. The van der Waals surface area contributed by atoms with Crippen LogP contribution in [0.4, 0.5) is 0 Å². The number of aliphatic hydroxyl groups excluding tert-OH is 1. The SMILES string of the molecule is O=C(O)[C@H](Cc1ccccc1)N=C1c2c(O)cccc2Cc2cc(CO)cc(O)c21. The first kappa shape index (κ1) is 19.7. The third-order valence-corrected chi connectivity index (χ3v) is 5.27. The van der Waals surface area contributed by atoms with Gasteiger partial charge in [-0.05, 0) is 40.8 Å². The zero-order valence-corrected chi connectivity index (χ0v) is 16.1. The first-order valence-electron chi connectivity index (χ1n) is 9.59. The molecule has 0 bridgehead atoms. The van der Waals surface area contributed by atoms with Crippen LogP contribution in [0, 0.1) is 0 Å². The standard InChI is InChI=1S/C24H21NO5/c26-13-15-9-17-12-16-7-4-8-19(27)21(16)23(22(17)20(28)11-15)25-18(24(29)30)10-14-5-2-1-3-6-14/h1-9,11,18,26-28H,10,12-13H2,(H,29,30)/t18-/m0/s1. The smallest absolute Gasteiger partial charge is 0.328 e. The summed E-state index contributed by atoms with van der Waals surface area (Å²) >= 11 is 0. The van der Waals surface area contributed by atoms with Gasteiger partial charge in [0.2, 0.25) is 0 Å². The average Bonchev–Trinajstić information content (AvgIpc) is 2.73. The highest BCUT2D eigenvalue weighted by Gasteiger charge is 2.29. The lowest BCUT2D eigenvalue weighted by molar-refractivity contribution is -0.138. The van der Waals surface area contributed by atoms with Gasteiger partial charge in [-0.25, -0.2) is 4.79 Å². The summed E-state index contributed by atoms with van der Waals surface area (Å²) in [7, 11) is 0. The number of hydrogen-bond donors (Lipinski definition) is 4. The number of carboxylic acid groups (broad SMARTS) is 1. The molecule has 3 aromatic rings. The minimum absolute atomic E-state index is 0.0219. The predicted octanol–water partition coefficient (Wildman–Crippen LogP) is 3.03. The Kier molecular flexibility index (Phi) is 5.25. The van der Waals surface area contributed by atoms with E-state index >= 15 is 0 Å². The number of nitrogens with zero attached hydrogens (tertiary/aromatic N) is 1. The largest absolute Gasteiger partial charge is 0.507 e. The molecule has 0 aliphatic heterocycles. The maximum absolute atomic E-state index is 12.0. The Hall–Kier alpha value is -3.64. The number of carbonyl (C=O) groups is 1. The molecule has 0 spiro atoms. The molecular formula is C24H21NO5. The number of phenolic OH excluding ortho intramolecular Hbond substituents is 2. The van der Waals surface area contributed by atoms with E-state index in [4.69, 9.17) is 0 Å². The van der Waals surface area contributed by atoms with Crippen molar-refractivity contribution in [3.63, 3.8) is 0 Å². The van der Waals surface area contributed by atoms with E-state index in [9.17, 15) is 25.2 Å². The number of phenols is 2. The van der Waals surface area contributed by atoms with Crippen molar-refractivity contribution in [2.45, 2.75) is 25.5 Å². The van der Waals surface area contributed by atoms with Gasteiger partial charge < -0.3 is 20.4 Å². The lowest BCUT2D eigenvalue weighted by atomic mass is 9.82. The van der Waals surface area contributed by atoms with Crippen LogP contribution >= 0.6 is 0 Å². The zero-order valence-electron chi connectivity index (χ0n) is 16.1. The Morgan fingerprint density at radius 2 is 1.63 bits per heavy atom. The molecule has 1 atom stereocenters. The normalized spacial score (nSPS) is 14.8. The van der Waals surface area contributed by atoms with Gasteiger partial charge in [0.05, 0.1) is 12.3 Å². The molecule has 1 aliphatic rings. The van der Waals surface area contributed by atoms with Gasteiger partial charge in [0, 0.05) is 17.5 Å². The second kappa shape index (κ2) is 8.00. The molecule has 0 saturated carbocycles. The third kappa shape index (κ3) is 3.65. The van der Waals surface area contributed by atoms with Crippen molar-refractivity contribution in [3.05, 3.63) is 94.0 Å². The summed E-state index contributed by atoms with van der Waals surface area (Å²) in [5.74, 6) is -1.22. The summed E-state index contributed by atoms with van der Waals surface area (Å²) in [6.45, 7) is -0.230. The van der Waals surface area contributed by atoms with Crippen LogP contribution in [0.5, 0.6) is 11.5 Å². The molecule has 0 aromatic heterocycles. The molecule has 0 heterocycles. The fraction of sp³-hybridized carbons (Fsp3) is 0.167. The number of rotatable bonds is 5. The summed E-state index contributed by atoms with van der Waals surface area (Å²) in [5, 5.41) is 40.5. The van der Waals surface area contributed by atoms with Crippen LogP contribution in [-0.2, 0) is 24.2 Å². The summed E-state index contributed by atoms with van der Waals surface area (Å²) in [5.41, 5.74) is 3.93. The highest BCUT2D eigenvalue weighted by Crippen LogP contribution is 2.38. The van der Waals surface area contributed by atoms with Crippen molar-refractivity contribution in [1.82, 2.24) is 0 Å². The molecule has 4 N–H and O–H groups in total. The quantitative estimate of drug-likeness (QED) is 0.409. The summed E-state index contributed by atoms with van der Waals surface area (Å²) < 4.78 is 0. The summed E-state index contributed by atoms with van der Waals surface area (Å²) in [4.78, 5) is 16.5. The van der Waals surface area contributed by atoms with Crippen molar-refractivity contribution < 1.29 is 25.2 Å². The van der Waals surface area contributed by atoms with Crippen LogP contribution in [0.2, 0.25) is 0 Å². The molecule has 30 heavy (non-hydrogen) atoms. The Balaban J connectivity index is 1.90. The van der Waals surface area contributed by atoms with E-state index in [2.05, 4.69) is 4.99 Å². The average molecular weight is 403 g/mol. The highest BCUT2D eigenvalue weighted by atomic mass is 16.4. The molecule has 0 radical (unpaired) electrons. The fourth-order valence-electron chi connectivity index (χ4n) is 3.90. The van der Waals surface area contributed by atoms with Crippen LogP contribution < -0.4 is 0 Å². The predicted molar refractivity (Wildman–Crippen MR) is 112 cm³/mol. The number of aromatic hydroxyl groups is 2. The fourth-order valence-corrected chi connectivity index (χ4v) is 3.90. The van der Waals surface area contributed by atoms with Gasteiger partial charge in [-0.15, -0.1) is 0 Å². The molecule has 3 aromatic carbocycles. The Morgan fingerprint density at radius 3 is 2.33 bits per heavy atom. The lowest BCUT2D eigenvalue weighted by Gasteiger charge is -2.25. The Morgan fingerprint density at radius 1 is 0.900 bits per heavy atom. The van der Waals surface area contributed by atoms with Gasteiger partial charge in [-0.3, -0.25) is 4.99 Å². The maximum atomic E-state index is 12.0. The van der Waals surface area contributed by atoms with Gasteiger partial charge >= 0.3 is 5.97 Å². The van der Waals surface area contributed by atoms with Gasteiger partial charge in [-0.2, -0.15) is 0 Å². The van der Waals surface area contributed by atoms with Crippen molar-refractivity contribution >= 4 is 11.7 Å². The van der Waals surface area contributed by atoms with Crippen LogP contribution in [0.3, 0.4) is 0 Å². The first-order chi connectivity index (χ1) is 14.5. The van der Waals surface area contributed by atoms with Crippen LogP contribution in [0.1, 0.15) is 33.4 Å². The molecule has 0 amide bonds. The van der Waals surface area contributed by atoms with Crippen molar-refractivity contribution in [2.24, 2.45) is 4.99 Å².